The molecule has 116 valence electrons. The number of carbonyl (C=O) groups excluding carboxylic acids is 2. The van der Waals surface area contributed by atoms with Crippen LogP contribution in [0.1, 0.15) is 27.6 Å². The Morgan fingerprint density at radius 2 is 1.30 bits per heavy atom. The minimum atomic E-state index is -0.317. The molecule has 0 spiro atoms. The van der Waals surface area contributed by atoms with Gasteiger partial charge in [-0.2, -0.15) is 10.2 Å². The minimum Gasteiger partial charge on any atom is -0.267 e. The summed E-state index contributed by atoms with van der Waals surface area (Å²) in [6.45, 7) is 1.66. The van der Waals surface area contributed by atoms with Gasteiger partial charge in [0.25, 0.3) is 11.8 Å². The molecule has 0 aromatic heterocycles. The number of hydrazone groups is 2. The Labute approximate surface area is 133 Å². The highest BCUT2D eigenvalue weighted by Gasteiger charge is 2.03. The molecule has 6 nitrogen and oxygen atoms in total. The van der Waals surface area contributed by atoms with Crippen LogP contribution in [0.25, 0.3) is 0 Å². The maximum absolute atomic E-state index is 11.8. The second kappa shape index (κ2) is 8.23. The van der Waals surface area contributed by atoms with Crippen LogP contribution < -0.4 is 10.9 Å². The van der Waals surface area contributed by atoms with Gasteiger partial charge in [-0.1, -0.05) is 36.4 Å². The zero-order valence-electron chi connectivity index (χ0n) is 12.6. The molecule has 2 aromatic carbocycles. The summed E-state index contributed by atoms with van der Waals surface area (Å²) in [5.74, 6) is -0.630. The highest BCUT2D eigenvalue weighted by molar-refractivity contribution is 6.29. The monoisotopic (exact) mass is 308 g/mol. The Hall–Kier alpha value is -3.28. The molecule has 2 aromatic rings. The Morgan fingerprint density at radius 1 is 0.826 bits per heavy atom. The van der Waals surface area contributed by atoms with E-state index in [-0.39, 0.29) is 11.8 Å². The summed E-state index contributed by atoms with van der Waals surface area (Å²) in [5, 5.41) is 7.68. The lowest BCUT2D eigenvalue weighted by Gasteiger charge is -2.00. The number of hydrogen-bond acceptors (Lipinski definition) is 4. The lowest BCUT2D eigenvalue weighted by Crippen LogP contribution is -2.21. The molecule has 0 heterocycles. The molecule has 2 rings (SSSR count). The molecule has 0 unspecified atom stereocenters. The third-order valence-electron chi connectivity index (χ3n) is 2.82. The lowest BCUT2D eigenvalue weighted by molar-refractivity contribution is 0.0946. The number of nitrogens with one attached hydrogen (secondary N) is 2. The van der Waals surface area contributed by atoms with Crippen molar-refractivity contribution in [3.63, 3.8) is 0 Å². The number of carbonyl (C=O) groups is 2. The lowest BCUT2D eigenvalue weighted by atomic mass is 10.2. The van der Waals surface area contributed by atoms with Gasteiger partial charge < -0.3 is 0 Å². The first-order valence-corrected chi connectivity index (χ1v) is 6.95. The van der Waals surface area contributed by atoms with Crippen LogP contribution >= 0.6 is 0 Å². The van der Waals surface area contributed by atoms with Gasteiger partial charge in [0.2, 0.25) is 0 Å². The van der Waals surface area contributed by atoms with Gasteiger partial charge in [-0.15, -0.1) is 0 Å². The van der Waals surface area contributed by atoms with Crippen LogP contribution in [0.2, 0.25) is 0 Å². The fraction of sp³-hybridized carbons (Fsp3) is 0.0588. The Bertz CT molecular complexity index is 725. The minimum absolute atomic E-state index is 0.313. The summed E-state index contributed by atoms with van der Waals surface area (Å²) in [4.78, 5) is 23.5. The van der Waals surface area contributed by atoms with Crippen molar-refractivity contribution in [3.8, 4) is 0 Å². The van der Waals surface area contributed by atoms with Crippen molar-refractivity contribution >= 4 is 23.7 Å². The van der Waals surface area contributed by atoms with E-state index in [9.17, 15) is 9.59 Å². The SMILES string of the molecule is CC(/C=N\NC(=O)c1ccccc1)=N\NC(=O)c1ccccc1. The molecule has 0 radical (unpaired) electrons. The van der Waals surface area contributed by atoms with Crippen molar-refractivity contribution in [2.75, 3.05) is 0 Å². The molecule has 0 atom stereocenters. The summed E-state index contributed by atoms with van der Waals surface area (Å²) < 4.78 is 0. The largest absolute Gasteiger partial charge is 0.271 e. The number of rotatable bonds is 5. The smallest absolute Gasteiger partial charge is 0.267 e. The van der Waals surface area contributed by atoms with Gasteiger partial charge in [-0.25, -0.2) is 10.9 Å². The van der Waals surface area contributed by atoms with Crippen molar-refractivity contribution in [1.29, 1.82) is 0 Å². The quantitative estimate of drug-likeness (QED) is 0.655. The van der Waals surface area contributed by atoms with Crippen molar-refractivity contribution in [3.05, 3.63) is 71.8 Å². The van der Waals surface area contributed by atoms with E-state index in [4.69, 9.17) is 0 Å². The highest BCUT2D eigenvalue weighted by Crippen LogP contribution is 1.98. The van der Waals surface area contributed by atoms with Gasteiger partial charge in [0.1, 0.15) is 0 Å². The zero-order chi connectivity index (χ0) is 16.5. The first-order chi connectivity index (χ1) is 11.2. The summed E-state index contributed by atoms with van der Waals surface area (Å²) in [7, 11) is 0. The van der Waals surface area contributed by atoms with Gasteiger partial charge in [0.15, 0.2) is 0 Å². The fourth-order valence-corrected chi connectivity index (χ4v) is 1.66. The van der Waals surface area contributed by atoms with Gasteiger partial charge in [0, 0.05) is 11.1 Å². The van der Waals surface area contributed by atoms with E-state index in [1.54, 1.807) is 55.5 Å². The second-order valence-electron chi connectivity index (χ2n) is 4.63. The van der Waals surface area contributed by atoms with E-state index in [1.807, 2.05) is 12.1 Å². The Kier molecular flexibility index (Phi) is 5.76. The third kappa shape index (κ3) is 5.20. The van der Waals surface area contributed by atoms with Crippen molar-refractivity contribution < 1.29 is 9.59 Å². The average Bonchev–Trinajstić information content (AvgIpc) is 2.61. The molecule has 0 aliphatic rings. The van der Waals surface area contributed by atoms with E-state index < -0.39 is 0 Å². The van der Waals surface area contributed by atoms with Crippen molar-refractivity contribution in [2.24, 2.45) is 10.2 Å². The summed E-state index contributed by atoms with van der Waals surface area (Å²) >= 11 is 0. The predicted molar refractivity (Wildman–Crippen MR) is 89.4 cm³/mol. The molecule has 0 aliphatic heterocycles. The van der Waals surface area contributed by atoms with Gasteiger partial charge in [0.05, 0.1) is 11.9 Å². The zero-order valence-corrected chi connectivity index (χ0v) is 12.6. The molecule has 6 heteroatoms. The molecule has 0 saturated carbocycles. The van der Waals surface area contributed by atoms with Crippen molar-refractivity contribution in [1.82, 2.24) is 10.9 Å². The fourth-order valence-electron chi connectivity index (χ4n) is 1.66. The summed E-state index contributed by atoms with van der Waals surface area (Å²) in [6.07, 6.45) is 1.35. The molecule has 2 amide bonds. The first-order valence-electron chi connectivity index (χ1n) is 6.95. The molecular weight excluding hydrogens is 292 g/mol. The number of hydrogen-bond donors (Lipinski definition) is 2. The van der Waals surface area contributed by atoms with Gasteiger partial charge >= 0.3 is 0 Å². The van der Waals surface area contributed by atoms with Crippen LogP contribution in [0.15, 0.2) is 70.9 Å². The summed E-state index contributed by atoms with van der Waals surface area (Å²) in [5.41, 5.74) is 6.27. The highest BCUT2D eigenvalue weighted by atomic mass is 16.2. The molecule has 2 N–H and O–H groups in total. The molecule has 0 aliphatic carbocycles. The van der Waals surface area contributed by atoms with E-state index in [0.29, 0.717) is 16.8 Å². The molecular formula is C17H16N4O2. The van der Waals surface area contributed by atoms with E-state index in [1.165, 1.54) is 6.21 Å². The molecule has 23 heavy (non-hydrogen) atoms. The van der Waals surface area contributed by atoms with Crippen LogP contribution in [-0.4, -0.2) is 23.7 Å². The average molecular weight is 308 g/mol. The third-order valence-corrected chi connectivity index (χ3v) is 2.82. The first kappa shape index (κ1) is 16.1. The maximum atomic E-state index is 11.8. The number of nitrogens with zero attached hydrogens (tertiary/aromatic N) is 2. The van der Waals surface area contributed by atoms with Crippen LogP contribution in [0.3, 0.4) is 0 Å². The molecule has 0 bridgehead atoms. The number of amides is 2. The van der Waals surface area contributed by atoms with Crippen LogP contribution in [0.5, 0.6) is 0 Å². The van der Waals surface area contributed by atoms with E-state index in [2.05, 4.69) is 21.1 Å². The standard InChI is InChI=1S/C17H16N4O2/c1-13(19-21-17(23)15-10-6-3-7-11-15)12-18-20-16(22)14-8-4-2-5-9-14/h2-12H,1H3,(H,20,22)(H,21,23)/b18-12-,19-13+. The molecule has 0 fully saturated rings. The summed E-state index contributed by atoms with van der Waals surface area (Å²) in [6, 6.07) is 17.5. The van der Waals surface area contributed by atoms with Crippen molar-refractivity contribution in [2.45, 2.75) is 6.92 Å². The predicted octanol–water partition coefficient (Wildman–Crippen LogP) is 2.21. The Morgan fingerprint density at radius 3 is 1.83 bits per heavy atom. The van der Waals surface area contributed by atoms with Gasteiger partial charge in [-0.3, -0.25) is 9.59 Å². The van der Waals surface area contributed by atoms with Gasteiger partial charge in [-0.05, 0) is 31.2 Å². The van der Waals surface area contributed by atoms with E-state index in [0.717, 1.165) is 0 Å². The second-order valence-corrected chi connectivity index (χ2v) is 4.63. The normalized spacial score (nSPS) is 11.3. The van der Waals surface area contributed by atoms with Crippen LogP contribution in [0.4, 0.5) is 0 Å². The Balaban J connectivity index is 1.85. The topological polar surface area (TPSA) is 82.9 Å². The number of benzene rings is 2. The molecule has 0 saturated heterocycles. The van der Waals surface area contributed by atoms with Crippen LogP contribution in [0, 0.1) is 0 Å². The van der Waals surface area contributed by atoms with Crippen LogP contribution in [-0.2, 0) is 0 Å². The van der Waals surface area contributed by atoms with E-state index >= 15 is 0 Å². The maximum Gasteiger partial charge on any atom is 0.271 e.